The Bertz CT molecular complexity index is 608. The van der Waals surface area contributed by atoms with Crippen LogP contribution < -0.4 is 10.1 Å². The highest BCUT2D eigenvalue weighted by Gasteiger charge is 2.32. The van der Waals surface area contributed by atoms with Crippen LogP contribution in [0, 0.1) is 5.82 Å². The first-order valence-corrected chi connectivity index (χ1v) is 8.84. The van der Waals surface area contributed by atoms with Crippen molar-refractivity contribution in [3.63, 3.8) is 0 Å². The number of carbonyl (C=O) groups is 2. The van der Waals surface area contributed by atoms with Crippen LogP contribution in [0.3, 0.4) is 0 Å². The summed E-state index contributed by atoms with van der Waals surface area (Å²) >= 11 is 0. The molecule has 2 aliphatic heterocycles. The molecule has 136 valence electrons. The van der Waals surface area contributed by atoms with Crippen LogP contribution in [0.4, 0.5) is 9.18 Å². The van der Waals surface area contributed by atoms with Gasteiger partial charge < -0.3 is 19.9 Å². The van der Waals surface area contributed by atoms with Crippen molar-refractivity contribution in [2.75, 3.05) is 32.8 Å². The van der Waals surface area contributed by atoms with Crippen molar-refractivity contribution in [3.05, 3.63) is 30.1 Å². The molecule has 0 radical (unpaired) electrons. The van der Waals surface area contributed by atoms with Gasteiger partial charge >= 0.3 is 6.03 Å². The van der Waals surface area contributed by atoms with Gasteiger partial charge in [0.2, 0.25) is 5.91 Å². The minimum atomic E-state index is -0.297. The summed E-state index contributed by atoms with van der Waals surface area (Å²) in [6.45, 7) is 3.19. The predicted molar refractivity (Wildman–Crippen MR) is 90.8 cm³/mol. The van der Waals surface area contributed by atoms with Crippen molar-refractivity contribution in [1.82, 2.24) is 15.1 Å². The van der Waals surface area contributed by atoms with E-state index in [1.165, 1.54) is 12.1 Å². The van der Waals surface area contributed by atoms with Gasteiger partial charge in [0.25, 0.3) is 0 Å². The second kappa shape index (κ2) is 8.18. The van der Waals surface area contributed by atoms with E-state index in [1.807, 2.05) is 9.80 Å². The van der Waals surface area contributed by atoms with Gasteiger partial charge in [-0.3, -0.25) is 4.79 Å². The predicted octanol–water partition coefficient (Wildman–Crippen LogP) is 2.00. The molecular formula is C18H24FN3O3. The maximum Gasteiger partial charge on any atom is 0.317 e. The van der Waals surface area contributed by atoms with Gasteiger partial charge in [-0.05, 0) is 43.5 Å². The number of rotatable bonds is 6. The molecule has 3 rings (SSSR count). The Morgan fingerprint density at radius 2 is 2.08 bits per heavy atom. The first kappa shape index (κ1) is 17.5. The quantitative estimate of drug-likeness (QED) is 0.799. The zero-order valence-electron chi connectivity index (χ0n) is 14.2. The monoisotopic (exact) mass is 349 g/mol. The highest BCUT2D eigenvalue weighted by Crippen LogP contribution is 2.19. The van der Waals surface area contributed by atoms with E-state index in [1.54, 1.807) is 12.1 Å². The maximum absolute atomic E-state index is 12.8. The van der Waals surface area contributed by atoms with E-state index in [2.05, 4.69) is 5.32 Å². The number of carbonyl (C=O) groups excluding carboxylic acids is 2. The summed E-state index contributed by atoms with van der Waals surface area (Å²) in [6, 6.07) is 5.95. The van der Waals surface area contributed by atoms with Crippen LogP contribution in [0.1, 0.15) is 25.7 Å². The molecule has 7 heteroatoms. The summed E-state index contributed by atoms with van der Waals surface area (Å²) in [6.07, 6.45) is 2.90. The van der Waals surface area contributed by atoms with Crippen LogP contribution in [0.2, 0.25) is 0 Å². The molecule has 1 atom stereocenters. The molecule has 0 aliphatic carbocycles. The molecule has 2 fully saturated rings. The molecule has 0 unspecified atom stereocenters. The molecule has 0 aromatic heterocycles. The molecule has 3 amide bonds. The van der Waals surface area contributed by atoms with Crippen LogP contribution in [-0.2, 0) is 4.79 Å². The topological polar surface area (TPSA) is 61.9 Å². The van der Waals surface area contributed by atoms with Gasteiger partial charge in [0.1, 0.15) is 11.6 Å². The zero-order valence-corrected chi connectivity index (χ0v) is 14.2. The average molecular weight is 349 g/mol. The van der Waals surface area contributed by atoms with E-state index in [-0.39, 0.29) is 23.8 Å². The number of nitrogens with one attached hydrogen (secondary N) is 1. The molecule has 25 heavy (non-hydrogen) atoms. The lowest BCUT2D eigenvalue weighted by Gasteiger charge is -2.37. The number of ether oxygens (including phenoxy) is 1. The number of benzene rings is 1. The standard InChI is InChI=1S/C18H24FN3O3/c19-14-5-7-16(8-6-14)25-12-2-4-17(23)21-10-1-3-15(13-21)22-11-9-20-18(22)24/h5-8,15H,1-4,9-13H2,(H,20,24)/t15-/m1/s1. The Balaban J connectivity index is 1.40. The molecule has 0 saturated carbocycles. The second-order valence-electron chi connectivity index (χ2n) is 6.47. The van der Waals surface area contributed by atoms with E-state index in [4.69, 9.17) is 4.74 Å². The fraction of sp³-hybridized carbons (Fsp3) is 0.556. The first-order valence-electron chi connectivity index (χ1n) is 8.84. The molecule has 0 spiro atoms. The smallest absolute Gasteiger partial charge is 0.317 e. The van der Waals surface area contributed by atoms with Crippen molar-refractivity contribution in [1.29, 1.82) is 0 Å². The number of nitrogens with zero attached hydrogens (tertiary/aromatic N) is 2. The fourth-order valence-corrected chi connectivity index (χ4v) is 3.37. The van der Waals surface area contributed by atoms with Crippen LogP contribution in [0.15, 0.2) is 24.3 Å². The lowest BCUT2D eigenvalue weighted by molar-refractivity contribution is -0.133. The third-order valence-electron chi connectivity index (χ3n) is 4.70. The van der Waals surface area contributed by atoms with Crippen molar-refractivity contribution < 1.29 is 18.7 Å². The Hall–Kier alpha value is -2.31. The van der Waals surface area contributed by atoms with Gasteiger partial charge in [0, 0.05) is 32.6 Å². The van der Waals surface area contributed by atoms with Gasteiger partial charge in [-0.1, -0.05) is 0 Å². The van der Waals surface area contributed by atoms with E-state index in [0.29, 0.717) is 38.3 Å². The molecule has 1 N–H and O–H groups in total. The summed E-state index contributed by atoms with van der Waals surface area (Å²) in [5.41, 5.74) is 0. The van der Waals surface area contributed by atoms with Crippen molar-refractivity contribution in [3.8, 4) is 5.75 Å². The largest absolute Gasteiger partial charge is 0.494 e. The molecule has 2 saturated heterocycles. The Morgan fingerprint density at radius 1 is 1.28 bits per heavy atom. The summed E-state index contributed by atoms with van der Waals surface area (Å²) in [4.78, 5) is 27.9. The number of hydrogen-bond acceptors (Lipinski definition) is 3. The molecule has 1 aromatic rings. The van der Waals surface area contributed by atoms with E-state index < -0.39 is 0 Å². The van der Waals surface area contributed by atoms with Crippen LogP contribution in [0.5, 0.6) is 5.75 Å². The van der Waals surface area contributed by atoms with E-state index in [9.17, 15) is 14.0 Å². The minimum absolute atomic E-state index is 0.0213. The van der Waals surface area contributed by atoms with Gasteiger partial charge in [0.05, 0.1) is 12.6 Å². The molecule has 6 nitrogen and oxygen atoms in total. The maximum atomic E-state index is 12.8. The van der Waals surface area contributed by atoms with Crippen molar-refractivity contribution in [2.45, 2.75) is 31.7 Å². The van der Waals surface area contributed by atoms with Crippen LogP contribution in [-0.4, -0.2) is 60.6 Å². The number of amides is 3. The van der Waals surface area contributed by atoms with Crippen molar-refractivity contribution >= 4 is 11.9 Å². The SMILES string of the molecule is O=C(CCCOc1ccc(F)cc1)N1CCC[C@@H](N2CCNC2=O)C1. The molecule has 2 aliphatic rings. The molecule has 0 bridgehead atoms. The Labute approximate surface area is 146 Å². The summed E-state index contributed by atoms with van der Waals surface area (Å²) in [5, 5.41) is 2.82. The van der Waals surface area contributed by atoms with Crippen molar-refractivity contribution in [2.24, 2.45) is 0 Å². The highest BCUT2D eigenvalue weighted by molar-refractivity contribution is 5.78. The van der Waals surface area contributed by atoms with Gasteiger partial charge in [-0.15, -0.1) is 0 Å². The Kier molecular flexibility index (Phi) is 5.73. The number of hydrogen-bond donors (Lipinski definition) is 1. The lowest BCUT2D eigenvalue weighted by Crippen LogP contribution is -2.50. The number of urea groups is 1. The van der Waals surface area contributed by atoms with Gasteiger partial charge in [0.15, 0.2) is 0 Å². The number of piperidine rings is 1. The third-order valence-corrected chi connectivity index (χ3v) is 4.70. The Morgan fingerprint density at radius 3 is 2.80 bits per heavy atom. The van der Waals surface area contributed by atoms with Gasteiger partial charge in [-0.25, -0.2) is 9.18 Å². The zero-order chi connectivity index (χ0) is 17.6. The average Bonchev–Trinajstić information content (AvgIpc) is 3.06. The van der Waals surface area contributed by atoms with E-state index in [0.717, 1.165) is 25.9 Å². The number of likely N-dealkylation sites (tertiary alicyclic amines) is 1. The summed E-state index contributed by atoms with van der Waals surface area (Å²) < 4.78 is 18.3. The molecule has 2 heterocycles. The van der Waals surface area contributed by atoms with Crippen LogP contribution in [0.25, 0.3) is 0 Å². The molecular weight excluding hydrogens is 325 g/mol. The molecule has 1 aromatic carbocycles. The van der Waals surface area contributed by atoms with Crippen LogP contribution >= 0.6 is 0 Å². The number of halogens is 1. The summed E-state index contributed by atoms with van der Waals surface area (Å²) in [5.74, 6) is 0.410. The normalized spacial score (nSPS) is 20.5. The highest BCUT2D eigenvalue weighted by atomic mass is 19.1. The lowest BCUT2D eigenvalue weighted by atomic mass is 10.0. The third kappa shape index (κ3) is 4.61. The van der Waals surface area contributed by atoms with Gasteiger partial charge in [-0.2, -0.15) is 0 Å². The minimum Gasteiger partial charge on any atom is -0.494 e. The van der Waals surface area contributed by atoms with E-state index >= 15 is 0 Å². The fourth-order valence-electron chi connectivity index (χ4n) is 3.37. The summed E-state index contributed by atoms with van der Waals surface area (Å²) in [7, 11) is 0. The second-order valence-corrected chi connectivity index (χ2v) is 6.47. The first-order chi connectivity index (χ1) is 12.1.